The Morgan fingerprint density at radius 2 is 1.51 bits per heavy atom. The lowest BCUT2D eigenvalue weighted by molar-refractivity contribution is -0.123. The summed E-state index contributed by atoms with van der Waals surface area (Å²) in [7, 11) is -3.90. The monoisotopic (exact) mass is 495 g/mol. The van der Waals surface area contributed by atoms with E-state index in [1.54, 1.807) is 36.4 Å². The lowest BCUT2D eigenvalue weighted by Gasteiger charge is -2.25. The number of sulfonamides is 1. The molecule has 35 heavy (non-hydrogen) atoms. The van der Waals surface area contributed by atoms with E-state index in [9.17, 15) is 18.0 Å². The molecule has 0 saturated heterocycles. The second-order valence-electron chi connectivity index (χ2n) is 7.71. The van der Waals surface area contributed by atoms with Crippen molar-refractivity contribution in [2.24, 2.45) is 0 Å². The lowest BCUT2D eigenvalue weighted by atomic mass is 10.2. The summed E-state index contributed by atoms with van der Waals surface area (Å²) in [6.45, 7) is 0.233. The Hall–Kier alpha value is -3.89. The molecule has 0 fully saturated rings. The van der Waals surface area contributed by atoms with Gasteiger partial charge in [0.25, 0.3) is 0 Å². The van der Waals surface area contributed by atoms with Crippen LogP contribution in [0.5, 0.6) is 11.5 Å². The van der Waals surface area contributed by atoms with Gasteiger partial charge in [-0.05, 0) is 29.8 Å². The van der Waals surface area contributed by atoms with Crippen LogP contribution in [0.15, 0.2) is 83.8 Å². The quantitative estimate of drug-likeness (QED) is 0.470. The van der Waals surface area contributed by atoms with Crippen molar-refractivity contribution in [3.63, 3.8) is 0 Å². The van der Waals surface area contributed by atoms with E-state index in [0.29, 0.717) is 36.9 Å². The summed E-state index contributed by atoms with van der Waals surface area (Å²) < 4.78 is 38.6. The highest BCUT2D eigenvalue weighted by atomic mass is 32.2. The van der Waals surface area contributed by atoms with Gasteiger partial charge in [0.1, 0.15) is 19.8 Å². The molecule has 0 bridgehead atoms. The first-order chi connectivity index (χ1) is 16.9. The number of rotatable bonds is 9. The van der Waals surface area contributed by atoms with E-state index in [0.717, 1.165) is 5.56 Å². The third-order valence-corrected chi connectivity index (χ3v) is 6.66. The molecule has 1 heterocycles. The Bertz CT molecular complexity index is 1280. The first-order valence-electron chi connectivity index (χ1n) is 11.0. The van der Waals surface area contributed by atoms with Crippen LogP contribution in [-0.4, -0.2) is 46.5 Å². The number of nitrogens with zero attached hydrogens (tertiary/aromatic N) is 1. The molecule has 3 aromatic rings. The number of anilines is 1. The zero-order chi connectivity index (χ0) is 24.7. The molecule has 10 heteroatoms. The predicted octanol–water partition coefficient (Wildman–Crippen LogP) is 2.09. The highest BCUT2D eigenvalue weighted by Gasteiger charge is 2.24. The van der Waals surface area contributed by atoms with Gasteiger partial charge in [-0.25, -0.2) is 13.1 Å². The number of carbonyl (C=O) groups is 2. The molecule has 2 N–H and O–H groups in total. The number of ether oxygens (including phenoxy) is 2. The van der Waals surface area contributed by atoms with E-state index in [1.165, 1.54) is 17.0 Å². The summed E-state index contributed by atoms with van der Waals surface area (Å²) in [5.41, 5.74) is 1.29. The normalized spacial score (nSPS) is 12.6. The number of carbonyl (C=O) groups excluding carboxylic acids is 2. The molecular formula is C25H25N3O6S. The predicted molar refractivity (Wildman–Crippen MR) is 130 cm³/mol. The lowest BCUT2D eigenvalue weighted by Crippen LogP contribution is -2.45. The number of amides is 2. The topological polar surface area (TPSA) is 114 Å². The molecule has 182 valence electrons. The average molecular weight is 496 g/mol. The van der Waals surface area contributed by atoms with Crippen molar-refractivity contribution >= 4 is 27.5 Å². The maximum atomic E-state index is 13.1. The van der Waals surface area contributed by atoms with E-state index in [2.05, 4.69) is 10.0 Å². The molecule has 1 aliphatic rings. The number of hydrogen-bond acceptors (Lipinski definition) is 6. The molecule has 0 aromatic heterocycles. The molecule has 0 aliphatic carbocycles. The van der Waals surface area contributed by atoms with Crippen molar-refractivity contribution in [2.75, 3.05) is 31.2 Å². The number of hydrogen-bond donors (Lipinski definition) is 2. The molecule has 0 unspecified atom stereocenters. The van der Waals surface area contributed by atoms with Crippen LogP contribution < -0.4 is 24.4 Å². The van der Waals surface area contributed by atoms with Gasteiger partial charge in [-0.2, -0.15) is 0 Å². The summed E-state index contributed by atoms with van der Waals surface area (Å²) in [6, 6.07) is 22.0. The van der Waals surface area contributed by atoms with Gasteiger partial charge in [0.15, 0.2) is 11.5 Å². The maximum absolute atomic E-state index is 13.1. The van der Waals surface area contributed by atoms with E-state index in [4.69, 9.17) is 9.47 Å². The van der Waals surface area contributed by atoms with Crippen LogP contribution in [0.2, 0.25) is 0 Å². The summed E-state index contributed by atoms with van der Waals surface area (Å²) in [6.07, 6.45) is 0. The van der Waals surface area contributed by atoms with Crippen LogP contribution in [0.25, 0.3) is 0 Å². The molecule has 0 radical (unpaired) electrons. The molecule has 0 saturated carbocycles. The van der Waals surface area contributed by atoms with Gasteiger partial charge in [0, 0.05) is 18.3 Å². The molecule has 3 aromatic carbocycles. The molecule has 9 nitrogen and oxygen atoms in total. The van der Waals surface area contributed by atoms with Crippen molar-refractivity contribution in [3.8, 4) is 11.5 Å². The summed E-state index contributed by atoms with van der Waals surface area (Å²) >= 11 is 0. The fraction of sp³-hybridized carbons (Fsp3) is 0.200. The van der Waals surface area contributed by atoms with Crippen LogP contribution >= 0.6 is 0 Å². The first-order valence-corrected chi connectivity index (χ1v) is 12.5. The highest BCUT2D eigenvalue weighted by Crippen LogP contribution is 2.34. The second kappa shape index (κ2) is 11.0. The Balaban J connectivity index is 1.50. The minimum absolute atomic E-state index is 0.0410. The van der Waals surface area contributed by atoms with E-state index >= 15 is 0 Å². The van der Waals surface area contributed by atoms with E-state index < -0.39 is 28.4 Å². The van der Waals surface area contributed by atoms with Crippen molar-refractivity contribution in [2.45, 2.75) is 11.4 Å². The Morgan fingerprint density at radius 1 is 0.857 bits per heavy atom. The third-order valence-electron chi connectivity index (χ3n) is 5.24. The van der Waals surface area contributed by atoms with Gasteiger partial charge in [-0.15, -0.1) is 0 Å². The molecular weight excluding hydrogens is 470 g/mol. The molecule has 0 spiro atoms. The van der Waals surface area contributed by atoms with Gasteiger partial charge in [-0.3, -0.25) is 9.59 Å². The standard InChI is InChI=1S/C25H25N3O6S/c29-24(26-16-19-7-3-1-4-8-19)18-28(20-11-12-22-23(15-20)34-14-13-33-22)25(30)17-27-35(31,32)21-9-5-2-6-10-21/h1-12,15,27H,13-14,16-18H2,(H,26,29). The van der Waals surface area contributed by atoms with Crippen LogP contribution in [0.3, 0.4) is 0 Å². The maximum Gasteiger partial charge on any atom is 0.242 e. The SMILES string of the molecule is O=C(CN(C(=O)CNS(=O)(=O)c1ccccc1)c1ccc2c(c1)OCCO2)NCc1ccccc1. The zero-order valence-electron chi connectivity index (χ0n) is 18.8. The number of nitrogens with one attached hydrogen (secondary N) is 2. The fourth-order valence-electron chi connectivity index (χ4n) is 3.45. The second-order valence-corrected chi connectivity index (χ2v) is 9.47. The summed E-state index contributed by atoms with van der Waals surface area (Å²) in [4.78, 5) is 27.1. The largest absolute Gasteiger partial charge is 0.486 e. The minimum Gasteiger partial charge on any atom is -0.486 e. The van der Waals surface area contributed by atoms with Crippen molar-refractivity contribution < 1.29 is 27.5 Å². The number of fused-ring (bicyclic) bond motifs is 1. The van der Waals surface area contributed by atoms with E-state index in [-0.39, 0.29) is 11.4 Å². The molecule has 1 aliphatic heterocycles. The van der Waals surface area contributed by atoms with E-state index in [1.807, 2.05) is 30.3 Å². The Morgan fingerprint density at radius 3 is 2.23 bits per heavy atom. The highest BCUT2D eigenvalue weighted by molar-refractivity contribution is 7.89. The molecule has 0 atom stereocenters. The van der Waals surface area contributed by atoms with Gasteiger partial charge in [0.05, 0.1) is 11.4 Å². The third kappa shape index (κ3) is 6.37. The van der Waals surface area contributed by atoms with Crippen LogP contribution in [0.4, 0.5) is 5.69 Å². The zero-order valence-corrected chi connectivity index (χ0v) is 19.7. The van der Waals surface area contributed by atoms with Gasteiger partial charge < -0.3 is 19.7 Å². The first kappa shape index (κ1) is 24.2. The number of benzene rings is 3. The van der Waals surface area contributed by atoms with Crippen LogP contribution in [0.1, 0.15) is 5.56 Å². The van der Waals surface area contributed by atoms with Crippen LogP contribution in [0, 0.1) is 0 Å². The van der Waals surface area contributed by atoms with Crippen LogP contribution in [-0.2, 0) is 26.2 Å². The average Bonchev–Trinajstić information content (AvgIpc) is 2.90. The van der Waals surface area contributed by atoms with Crippen molar-refractivity contribution in [1.29, 1.82) is 0 Å². The molecule has 4 rings (SSSR count). The summed E-state index contributed by atoms with van der Waals surface area (Å²) in [5, 5.41) is 2.79. The minimum atomic E-state index is -3.90. The van der Waals surface area contributed by atoms with Crippen molar-refractivity contribution in [3.05, 3.63) is 84.4 Å². The van der Waals surface area contributed by atoms with Gasteiger partial charge in [-0.1, -0.05) is 48.5 Å². The van der Waals surface area contributed by atoms with Crippen molar-refractivity contribution in [1.82, 2.24) is 10.0 Å². The van der Waals surface area contributed by atoms with Gasteiger partial charge in [0.2, 0.25) is 21.8 Å². The summed E-state index contributed by atoms with van der Waals surface area (Å²) in [5.74, 6) is -0.0223. The Kier molecular flexibility index (Phi) is 7.64. The molecule has 2 amide bonds. The fourth-order valence-corrected chi connectivity index (χ4v) is 4.45. The smallest absolute Gasteiger partial charge is 0.242 e. The Labute approximate surface area is 203 Å². The van der Waals surface area contributed by atoms with Gasteiger partial charge >= 0.3 is 0 Å².